The Labute approximate surface area is 135 Å². The van der Waals surface area contributed by atoms with Crippen molar-refractivity contribution in [3.05, 3.63) is 0 Å². The number of aliphatic hydroxyl groups is 2. The molecule has 0 saturated carbocycles. The largest absolute Gasteiger partial charge is 0.503 e. The Kier molecular flexibility index (Phi) is 47.6. The number of hydrogen-bond donors (Lipinski definition) is 13. The molecular weight excluding hydrogens is 370 g/mol. The fourth-order valence-corrected chi connectivity index (χ4v) is 0.270. The molecule has 154 valence electrons. The zero-order valence-electron chi connectivity index (χ0n) is 12.2. The molecule has 0 aromatic heterocycles. The first kappa shape index (κ1) is 49.5. The normalized spacial score (nSPS) is 10.0. The second-order valence-electron chi connectivity index (χ2n) is 2.30. The van der Waals surface area contributed by atoms with Crippen LogP contribution in [0.15, 0.2) is 0 Å². The van der Waals surface area contributed by atoms with Crippen LogP contribution in [0.5, 0.6) is 0 Å². The highest BCUT2D eigenvalue weighted by Crippen LogP contribution is 1.92. The van der Waals surface area contributed by atoms with Crippen LogP contribution >= 0.6 is 0 Å². The Balaban J connectivity index is -0.0000000268. The van der Waals surface area contributed by atoms with Gasteiger partial charge < -0.3 is 61.4 Å². The molecule has 0 spiro atoms. The predicted octanol–water partition coefficient (Wildman–Crippen LogP) is -1.74. The summed E-state index contributed by atoms with van der Waals surface area (Å²) in [5.41, 5.74) is 0. The summed E-state index contributed by atoms with van der Waals surface area (Å²) in [6.45, 7) is 0. The van der Waals surface area contributed by atoms with Crippen LogP contribution in [-0.4, -0.2) is 78.5 Å². The summed E-state index contributed by atoms with van der Waals surface area (Å²) in [6, 6.07) is 0. The topological polar surface area (TPSA) is 422 Å². The van der Waals surface area contributed by atoms with Crippen molar-refractivity contribution in [1.82, 2.24) is 30.8 Å². The van der Waals surface area contributed by atoms with E-state index in [-0.39, 0.29) is 30.8 Å². The highest BCUT2D eigenvalue weighted by molar-refractivity contribution is 7.79. The van der Waals surface area contributed by atoms with Gasteiger partial charge in [0.2, 0.25) is 0 Å². The van der Waals surface area contributed by atoms with Crippen molar-refractivity contribution in [2.24, 2.45) is 0 Å². The molecule has 0 heterocycles. The van der Waals surface area contributed by atoms with E-state index in [0.29, 0.717) is 0 Å². The van der Waals surface area contributed by atoms with E-state index in [1.165, 1.54) is 0 Å². The molecule has 0 aliphatic rings. The first-order valence-corrected chi connectivity index (χ1v) is 5.03. The number of carboxylic acids is 2. The van der Waals surface area contributed by atoms with Gasteiger partial charge in [0.1, 0.15) is 0 Å². The van der Waals surface area contributed by atoms with Crippen molar-refractivity contribution in [3.63, 3.8) is 0 Å². The third-order valence-corrected chi connectivity index (χ3v) is 0.805. The van der Waals surface area contributed by atoms with Crippen LogP contribution in [-0.2, 0) is 20.0 Å². The van der Waals surface area contributed by atoms with Gasteiger partial charge in [0.05, 0.1) is 0 Å². The highest BCUT2D eigenvalue weighted by Gasteiger charge is 2.29. The number of carbonyl (C=O) groups is 3. The molecule has 0 bridgehead atoms. The minimum Gasteiger partial charge on any atom is -0.479 e. The molecule has 0 radical (unpaired) electrons. The SMILES string of the molecule is N.N.N.N.N.O=C(O)C(O)C(O)C(=O)O.O=C(O)O.O=S(=O)(O)O. The third-order valence-electron chi connectivity index (χ3n) is 0.805. The number of aliphatic hydroxyl groups excluding tert-OH is 2. The smallest absolute Gasteiger partial charge is 0.479 e. The minimum atomic E-state index is -4.67. The zero-order chi connectivity index (χ0) is 16.4. The maximum absolute atomic E-state index is 9.77. The summed E-state index contributed by atoms with van der Waals surface area (Å²) in [6.07, 6.45) is -6.37. The van der Waals surface area contributed by atoms with Crippen LogP contribution in [0.25, 0.3) is 0 Å². The summed E-state index contributed by atoms with van der Waals surface area (Å²) in [7, 11) is -4.67. The number of hydrogen-bond acceptors (Lipinski definition) is 12. The lowest BCUT2D eigenvalue weighted by Crippen LogP contribution is -2.39. The second-order valence-corrected chi connectivity index (χ2v) is 3.19. The van der Waals surface area contributed by atoms with Gasteiger partial charge in [-0.25, -0.2) is 14.4 Å². The predicted molar refractivity (Wildman–Crippen MR) is 77.2 cm³/mol. The van der Waals surface area contributed by atoms with Crippen molar-refractivity contribution in [1.29, 1.82) is 0 Å². The number of aliphatic carboxylic acids is 2. The molecule has 2 unspecified atom stereocenters. The van der Waals surface area contributed by atoms with E-state index in [9.17, 15) is 9.59 Å². The Morgan fingerprint density at radius 2 is 0.708 bits per heavy atom. The monoisotopic (exact) mass is 395 g/mol. The third kappa shape index (κ3) is 72.9. The van der Waals surface area contributed by atoms with E-state index in [2.05, 4.69) is 0 Å². The molecule has 0 saturated heterocycles. The van der Waals surface area contributed by atoms with Gasteiger partial charge in [-0.2, -0.15) is 8.42 Å². The highest BCUT2D eigenvalue weighted by atomic mass is 32.3. The van der Waals surface area contributed by atoms with Crippen molar-refractivity contribution < 1.29 is 62.5 Å². The molecule has 0 aromatic carbocycles. The van der Waals surface area contributed by atoms with Gasteiger partial charge in [-0.1, -0.05) is 0 Å². The van der Waals surface area contributed by atoms with Crippen LogP contribution in [0, 0.1) is 0 Å². The fourth-order valence-electron chi connectivity index (χ4n) is 0.270. The fraction of sp³-hybridized carbons (Fsp3) is 0.400. The van der Waals surface area contributed by atoms with Gasteiger partial charge in [-0.3, -0.25) is 9.11 Å². The van der Waals surface area contributed by atoms with Gasteiger partial charge in [0.25, 0.3) is 0 Å². The van der Waals surface area contributed by atoms with Gasteiger partial charge in [-0.15, -0.1) is 0 Å². The standard InChI is InChI=1S/C4H6O6.CH2O3.5H3N.H2O4S/c5-1(3(7)8)2(6)4(9)10;2-1(3)4;;;;;;1-5(2,3)4/h1-2,5-6H,(H,7,8)(H,9,10);(H2,2,3,4);5*1H3;(H2,1,2,3,4). The summed E-state index contributed by atoms with van der Waals surface area (Å²) in [5.74, 6) is -3.54. The van der Waals surface area contributed by atoms with Crippen molar-refractivity contribution >= 4 is 28.5 Å². The Morgan fingerprint density at radius 1 is 0.625 bits per heavy atom. The van der Waals surface area contributed by atoms with Crippen LogP contribution in [0.4, 0.5) is 4.79 Å². The molecule has 0 aliphatic heterocycles. The molecular formula is C5H25N5O13S. The second kappa shape index (κ2) is 23.1. The molecule has 24 heavy (non-hydrogen) atoms. The molecule has 18 nitrogen and oxygen atoms in total. The molecule has 0 aliphatic carbocycles. The number of rotatable bonds is 3. The van der Waals surface area contributed by atoms with Gasteiger partial charge in [0, 0.05) is 0 Å². The van der Waals surface area contributed by atoms with Crippen molar-refractivity contribution in [3.8, 4) is 0 Å². The maximum Gasteiger partial charge on any atom is 0.503 e. The average molecular weight is 395 g/mol. The van der Waals surface area contributed by atoms with E-state index in [1.807, 2.05) is 0 Å². The summed E-state index contributed by atoms with van der Waals surface area (Å²) in [4.78, 5) is 28.1. The zero-order valence-corrected chi connectivity index (χ0v) is 13.0. The van der Waals surface area contributed by atoms with Crippen molar-refractivity contribution in [2.75, 3.05) is 0 Å². The van der Waals surface area contributed by atoms with E-state index >= 15 is 0 Å². The molecule has 0 rings (SSSR count). The van der Waals surface area contributed by atoms with Gasteiger partial charge >= 0.3 is 28.5 Å². The molecule has 0 fully saturated rings. The summed E-state index contributed by atoms with van der Waals surface area (Å²) < 4.78 is 31.6. The molecule has 0 amide bonds. The van der Waals surface area contributed by atoms with Crippen LogP contribution in [0.1, 0.15) is 0 Å². The van der Waals surface area contributed by atoms with E-state index < -0.39 is 40.7 Å². The van der Waals surface area contributed by atoms with Crippen LogP contribution in [0.2, 0.25) is 0 Å². The van der Waals surface area contributed by atoms with Crippen molar-refractivity contribution in [2.45, 2.75) is 12.2 Å². The summed E-state index contributed by atoms with van der Waals surface area (Å²) in [5, 5.41) is 46.5. The van der Waals surface area contributed by atoms with Crippen LogP contribution < -0.4 is 30.8 Å². The molecule has 2 atom stereocenters. The molecule has 19 heteroatoms. The summed E-state index contributed by atoms with van der Waals surface area (Å²) >= 11 is 0. The maximum atomic E-state index is 9.77. The average Bonchev–Trinajstić information content (AvgIpc) is 2.11. The lowest BCUT2D eigenvalue weighted by atomic mass is 10.2. The molecule has 23 N–H and O–H groups in total. The quantitative estimate of drug-likeness (QED) is 0.235. The Bertz CT molecular complexity index is 383. The van der Waals surface area contributed by atoms with E-state index in [0.717, 1.165) is 0 Å². The molecule has 0 aromatic rings. The van der Waals surface area contributed by atoms with Gasteiger partial charge in [0.15, 0.2) is 12.2 Å². The number of carboxylic acid groups (broad SMARTS) is 4. The first-order chi connectivity index (χ1) is 8.20. The van der Waals surface area contributed by atoms with E-state index in [1.54, 1.807) is 0 Å². The minimum absolute atomic E-state index is 0. The first-order valence-electron chi connectivity index (χ1n) is 3.63. The Morgan fingerprint density at radius 3 is 0.750 bits per heavy atom. The lowest BCUT2D eigenvalue weighted by Gasteiger charge is -2.07. The van der Waals surface area contributed by atoms with E-state index in [4.69, 9.17) is 53.0 Å². The van der Waals surface area contributed by atoms with Crippen LogP contribution in [0.3, 0.4) is 0 Å². The van der Waals surface area contributed by atoms with Gasteiger partial charge in [-0.05, 0) is 0 Å². The lowest BCUT2D eigenvalue weighted by molar-refractivity contribution is -0.165. The Hall–Kier alpha value is -2.20.